The van der Waals surface area contributed by atoms with Crippen LogP contribution in [0.5, 0.6) is 0 Å². The average molecular weight is 326 g/mol. The quantitative estimate of drug-likeness (QED) is 0.779. The summed E-state index contributed by atoms with van der Waals surface area (Å²) < 4.78 is 5.50. The van der Waals surface area contributed by atoms with Crippen molar-refractivity contribution >= 4 is 30.7 Å². The first-order valence-electron chi connectivity index (χ1n) is 7.21. The first-order valence-corrected chi connectivity index (χ1v) is 7.21. The summed E-state index contributed by atoms with van der Waals surface area (Å²) in [6.07, 6.45) is 4.64. The molecule has 3 fully saturated rings. The van der Waals surface area contributed by atoms with Crippen LogP contribution in [0.4, 0.5) is 0 Å². The molecule has 20 heavy (non-hydrogen) atoms. The first kappa shape index (κ1) is 18.0. The van der Waals surface area contributed by atoms with Gasteiger partial charge in [0.25, 0.3) is 5.91 Å². The molecule has 5 nitrogen and oxygen atoms in total. The SMILES string of the molecule is Cl.Cl.O=C(NC1CCN2CCCCC12)C1CNCCO1. The molecule has 118 valence electrons. The topological polar surface area (TPSA) is 53.6 Å². The van der Waals surface area contributed by atoms with Gasteiger partial charge in [-0.15, -0.1) is 24.8 Å². The molecule has 0 radical (unpaired) electrons. The van der Waals surface area contributed by atoms with Crippen LogP contribution in [0, 0.1) is 0 Å². The van der Waals surface area contributed by atoms with Gasteiger partial charge >= 0.3 is 0 Å². The maximum Gasteiger partial charge on any atom is 0.250 e. The van der Waals surface area contributed by atoms with E-state index in [4.69, 9.17) is 4.74 Å². The van der Waals surface area contributed by atoms with E-state index in [1.54, 1.807) is 0 Å². The Bertz CT molecular complexity index is 314. The zero-order chi connectivity index (χ0) is 12.4. The molecule has 2 N–H and O–H groups in total. The minimum absolute atomic E-state index is 0. The van der Waals surface area contributed by atoms with Gasteiger partial charge in [-0.25, -0.2) is 0 Å². The zero-order valence-corrected chi connectivity index (χ0v) is 13.3. The highest BCUT2D eigenvalue weighted by Crippen LogP contribution is 2.27. The Kier molecular flexibility index (Phi) is 7.54. The Balaban J connectivity index is 0.000001000. The number of nitrogens with zero attached hydrogens (tertiary/aromatic N) is 1. The van der Waals surface area contributed by atoms with Crippen LogP contribution in [0.3, 0.4) is 0 Å². The van der Waals surface area contributed by atoms with E-state index in [1.807, 2.05) is 0 Å². The predicted octanol–water partition coefficient (Wildman–Crippen LogP) is 0.561. The summed E-state index contributed by atoms with van der Waals surface area (Å²) in [5.41, 5.74) is 0. The molecule has 3 unspecified atom stereocenters. The molecule has 3 heterocycles. The molecule has 0 aromatic carbocycles. The lowest BCUT2D eigenvalue weighted by Crippen LogP contribution is -2.53. The number of piperidine rings is 1. The highest BCUT2D eigenvalue weighted by molar-refractivity contribution is 5.85. The Morgan fingerprint density at radius 3 is 2.80 bits per heavy atom. The van der Waals surface area contributed by atoms with E-state index in [9.17, 15) is 4.79 Å². The fourth-order valence-electron chi connectivity index (χ4n) is 3.43. The van der Waals surface area contributed by atoms with Crippen molar-refractivity contribution in [1.29, 1.82) is 0 Å². The standard InChI is InChI=1S/C13H23N3O2.2ClH/c17-13(12-9-14-5-8-18-12)15-10-4-7-16-6-2-1-3-11(10)16;;/h10-12,14H,1-9H2,(H,15,17);2*1H. The molecule has 3 aliphatic rings. The molecular weight excluding hydrogens is 301 g/mol. The van der Waals surface area contributed by atoms with E-state index in [2.05, 4.69) is 15.5 Å². The van der Waals surface area contributed by atoms with Crippen LogP contribution in [0.25, 0.3) is 0 Å². The van der Waals surface area contributed by atoms with E-state index < -0.39 is 0 Å². The van der Waals surface area contributed by atoms with Crippen LogP contribution in [0.1, 0.15) is 25.7 Å². The molecular formula is C13H25Cl2N3O2. The van der Waals surface area contributed by atoms with E-state index in [-0.39, 0.29) is 36.8 Å². The summed E-state index contributed by atoms with van der Waals surface area (Å²) in [6.45, 7) is 4.48. The summed E-state index contributed by atoms with van der Waals surface area (Å²) >= 11 is 0. The molecule has 0 saturated carbocycles. The number of carbonyl (C=O) groups is 1. The third kappa shape index (κ3) is 3.98. The van der Waals surface area contributed by atoms with Crippen LogP contribution in [-0.2, 0) is 9.53 Å². The van der Waals surface area contributed by atoms with Gasteiger partial charge in [-0.3, -0.25) is 9.69 Å². The molecule has 7 heteroatoms. The fraction of sp³-hybridized carbons (Fsp3) is 0.923. The van der Waals surface area contributed by atoms with Gasteiger partial charge in [-0.2, -0.15) is 0 Å². The maximum atomic E-state index is 12.1. The normalized spacial score (nSPS) is 33.5. The van der Waals surface area contributed by atoms with Crippen molar-refractivity contribution in [1.82, 2.24) is 15.5 Å². The van der Waals surface area contributed by atoms with Gasteiger partial charge in [0.1, 0.15) is 6.10 Å². The second-order valence-corrected chi connectivity index (χ2v) is 5.57. The number of rotatable bonds is 2. The van der Waals surface area contributed by atoms with Crippen LogP contribution in [-0.4, -0.2) is 61.8 Å². The van der Waals surface area contributed by atoms with Gasteiger partial charge in [0.15, 0.2) is 0 Å². The fourth-order valence-corrected chi connectivity index (χ4v) is 3.43. The summed E-state index contributed by atoms with van der Waals surface area (Å²) in [7, 11) is 0. The molecule has 3 rings (SSSR count). The van der Waals surface area contributed by atoms with Gasteiger partial charge in [0, 0.05) is 31.7 Å². The smallest absolute Gasteiger partial charge is 0.250 e. The highest BCUT2D eigenvalue weighted by atomic mass is 35.5. The van der Waals surface area contributed by atoms with Gasteiger partial charge in [0.05, 0.1) is 6.61 Å². The molecule has 1 amide bonds. The minimum Gasteiger partial charge on any atom is -0.366 e. The predicted molar refractivity (Wildman–Crippen MR) is 82.9 cm³/mol. The van der Waals surface area contributed by atoms with Crippen molar-refractivity contribution < 1.29 is 9.53 Å². The molecule has 0 aromatic rings. The minimum atomic E-state index is -0.295. The van der Waals surface area contributed by atoms with Crippen LogP contribution in [0.2, 0.25) is 0 Å². The molecule has 3 aliphatic heterocycles. The Morgan fingerprint density at radius 2 is 2.05 bits per heavy atom. The number of fused-ring (bicyclic) bond motifs is 1. The average Bonchev–Trinajstić information content (AvgIpc) is 2.83. The lowest BCUT2D eigenvalue weighted by atomic mass is 9.99. The number of ether oxygens (including phenoxy) is 1. The Hall–Kier alpha value is -0.0700. The number of carbonyl (C=O) groups excluding carboxylic acids is 1. The van der Waals surface area contributed by atoms with E-state index in [0.29, 0.717) is 25.2 Å². The summed E-state index contributed by atoms with van der Waals surface area (Å²) in [5.74, 6) is 0.0691. The summed E-state index contributed by atoms with van der Waals surface area (Å²) in [5, 5.41) is 6.40. The molecule has 0 spiro atoms. The number of morpholine rings is 1. The van der Waals surface area contributed by atoms with Crippen molar-refractivity contribution in [2.24, 2.45) is 0 Å². The molecule has 3 saturated heterocycles. The maximum absolute atomic E-state index is 12.1. The van der Waals surface area contributed by atoms with Gasteiger partial charge < -0.3 is 15.4 Å². The van der Waals surface area contributed by atoms with E-state index in [1.165, 1.54) is 25.8 Å². The molecule has 0 bridgehead atoms. The molecule has 0 aliphatic carbocycles. The van der Waals surface area contributed by atoms with Crippen molar-refractivity contribution in [3.63, 3.8) is 0 Å². The molecule has 0 aromatic heterocycles. The lowest BCUT2D eigenvalue weighted by Gasteiger charge is -2.33. The highest BCUT2D eigenvalue weighted by Gasteiger charge is 2.37. The van der Waals surface area contributed by atoms with E-state index >= 15 is 0 Å². The molecule has 3 atom stereocenters. The second-order valence-electron chi connectivity index (χ2n) is 5.57. The van der Waals surface area contributed by atoms with Crippen molar-refractivity contribution in [2.75, 3.05) is 32.8 Å². The lowest BCUT2D eigenvalue weighted by molar-refractivity contribution is -0.135. The first-order chi connectivity index (χ1) is 8.84. The Morgan fingerprint density at radius 1 is 1.20 bits per heavy atom. The zero-order valence-electron chi connectivity index (χ0n) is 11.7. The monoisotopic (exact) mass is 325 g/mol. The Labute approximate surface area is 133 Å². The van der Waals surface area contributed by atoms with Gasteiger partial charge in [0.2, 0.25) is 0 Å². The van der Waals surface area contributed by atoms with Crippen molar-refractivity contribution in [3.05, 3.63) is 0 Å². The largest absolute Gasteiger partial charge is 0.366 e. The van der Waals surface area contributed by atoms with Gasteiger partial charge in [-0.1, -0.05) is 6.42 Å². The number of halogens is 2. The van der Waals surface area contributed by atoms with Crippen LogP contribution < -0.4 is 10.6 Å². The number of amides is 1. The van der Waals surface area contributed by atoms with Crippen LogP contribution in [0.15, 0.2) is 0 Å². The van der Waals surface area contributed by atoms with Crippen molar-refractivity contribution in [2.45, 2.75) is 43.9 Å². The van der Waals surface area contributed by atoms with E-state index in [0.717, 1.165) is 19.5 Å². The summed E-state index contributed by atoms with van der Waals surface area (Å²) in [6, 6.07) is 0.905. The summed E-state index contributed by atoms with van der Waals surface area (Å²) in [4.78, 5) is 14.7. The van der Waals surface area contributed by atoms with Crippen LogP contribution >= 0.6 is 24.8 Å². The number of nitrogens with one attached hydrogen (secondary N) is 2. The van der Waals surface area contributed by atoms with Gasteiger partial charge in [-0.05, 0) is 25.8 Å². The van der Waals surface area contributed by atoms with Crippen molar-refractivity contribution in [3.8, 4) is 0 Å². The third-order valence-electron chi connectivity index (χ3n) is 4.40. The number of hydrogen-bond donors (Lipinski definition) is 2. The number of hydrogen-bond acceptors (Lipinski definition) is 4. The third-order valence-corrected chi connectivity index (χ3v) is 4.40. The second kappa shape index (κ2) is 8.39.